The Balaban J connectivity index is 2.85. The molecule has 5 nitrogen and oxygen atoms in total. The van der Waals surface area contributed by atoms with E-state index in [1.807, 2.05) is 34.6 Å². The van der Waals surface area contributed by atoms with Crippen LogP contribution in [0.1, 0.15) is 68.7 Å². The van der Waals surface area contributed by atoms with Gasteiger partial charge in [-0.1, -0.05) is 27.7 Å². The van der Waals surface area contributed by atoms with Gasteiger partial charge in [0.2, 0.25) is 0 Å². The first-order valence-electron chi connectivity index (χ1n) is 8.97. The molecule has 0 aromatic heterocycles. The summed E-state index contributed by atoms with van der Waals surface area (Å²) in [6, 6.07) is -0.169. The molecule has 1 rings (SSSR count). The fourth-order valence-corrected chi connectivity index (χ4v) is 3.90. The van der Waals surface area contributed by atoms with Crippen LogP contribution in [0.25, 0.3) is 0 Å². The summed E-state index contributed by atoms with van der Waals surface area (Å²) >= 11 is 0. The van der Waals surface area contributed by atoms with E-state index in [1.165, 1.54) is 0 Å². The van der Waals surface area contributed by atoms with Gasteiger partial charge in [0.15, 0.2) is 9.76 Å². The van der Waals surface area contributed by atoms with E-state index in [9.17, 15) is 9.90 Å². The number of β-amino-alcohol motifs (C(OH)–C–C–N with tert-alkyl or cyclic N) is 1. The predicted octanol–water partition coefficient (Wildman–Crippen LogP) is 3.09. The summed E-state index contributed by atoms with van der Waals surface area (Å²) in [6.07, 6.45) is -0.362. The maximum Gasteiger partial charge on any atom is 0.410 e. The fourth-order valence-electron chi connectivity index (χ4n) is 2.63. The molecule has 2 atom stereocenters. The molecule has 0 aliphatic carbocycles. The molecule has 1 amide bonds. The maximum atomic E-state index is 12.5. The van der Waals surface area contributed by atoms with Crippen molar-refractivity contribution in [3.8, 4) is 0 Å². The van der Waals surface area contributed by atoms with Gasteiger partial charge in [0, 0.05) is 0 Å². The Morgan fingerprint density at radius 3 is 2.17 bits per heavy atom. The number of aliphatic hydroxyl groups is 1. The summed E-state index contributed by atoms with van der Waals surface area (Å²) in [4.78, 5) is 14.2. The zero-order valence-corrected chi connectivity index (χ0v) is 18.4. The lowest BCUT2D eigenvalue weighted by atomic mass is 9.96. The Hall–Kier alpha value is -0.593. The quantitative estimate of drug-likeness (QED) is 0.766. The van der Waals surface area contributed by atoms with Crippen LogP contribution in [0.3, 0.4) is 0 Å². The number of nitrogens with zero attached hydrogens (tertiary/aromatic N) is 1. The highest BCUT2D eigenvalue weighted by Gasteiger charge is 2.46. The highest BCUT2D eigenvalue weighted by Crippen LogP contribution is 2.37. The molecule has 1 heterocycles. The van der Waals surface area contributed by atoms with Gasteiger partial charge in [-0.2, -0.15) is 0 Å². The van der Waals surface area contributed by atoms with Crippen molar-refractivity contribution in [1.82, 2.24) is 4.90 Å². The van der Waals surface area contributed by atoms with Crippen molar-refractivity contribution in [1.29, 1.82) is 0 Å². The summed E-state index contributed by atoms with van der Waals surface area (Å²) in [5, 5.41) is 10.3. The molecule has 0 aromatic rings. The average molecular weight is 360 g/mol. The van der Waals surface area contributed by atoms with Gasteiger partial charge in [0.25, 0.3) is 0 Å². The lowest BCUT2D eigenvalue weighted by Gasteiger charge is -2.41. The lowest BCUT2D eigenvalue weighted by molar-refractivity contribution is -0.0136. The Morgan fingerprint density at radius 2 is 1.71 bits per heavy atom. The van der Waals surface area contributed by atoms with Crippen molar-refractivity contribution >= 4 is 15.9 Å². The van der Waals surface area contributed by atoms with Crippen LogP contribution in [-0.4, -0.2) is 55.8 Å². The second-order valence-electron chi connectivity index (χ2n) is 9.57. The van der Waals surface area contributed by atoms with Crippen molar-refractivity contribution in [2.45, 2.75) is 97.1 Å². The molecule has 142 valence electrons. The Morgan fingerprint density at radius 1 is 1.17 bits per heavy atom. The van der Waals surface area contributed by atoms with E-state index in [1.54, 1.807) is 4.90 Å². The fraction of sp³-hybridized carbons (Fsp3) is 0.944. The molecule has 0 unspecified atom stereocenters. The summed E-state index contributed by atoms with van der Waals surface area (Å²) in [6.45, 7) is 18.8. The molecule has 0 bridgehead atoms. The zero-order valence-electron chi connectivity index (χ0n) is 17.0. The minimum Gasteiger partial charge on any atom is -0.444 e. The second-order valence-corrected chi connectivity index (χ2v) is 12.0. The summed E-state index contributed by atoms with van der Waals surface area (Å²) in [5.41, 5.74) is -1.04. The maximum absolute atomic E-state index is 12.5. The van der Waals surface area contributed by atoms with Crippen LogP contribution in [0.5, 0.6) is 0 Å². The van der Waals surface area contributed by atoms with Gasteiger partial charge in [-0.25, -0.2) is 4.79 Å². The van der Waals surface area contributed by atoms with Crippen molar-refractivity contribution in [2.75, 3.05) is 6.54 Å². The van der Waals surface area contributed by atoms with Crippen molar-refractivity contribution in [3.05, 3.63) is 0 Å². The summed E-state index contributed by atoms with van der Waals surface area (Å²) in [7, 11) is -0.804. The number of amides is 1. The van der Waals surface area contributed by atoms with Crippen molar-refractivity contribution in [2.24, 2.45) is 5.92 Å². The third-order valence-electron chi connectivity index (χ3n) is 5.09. The zero-order chi connectivity index (χ0) is 18.9. The van der Waals surface area contributed by atoms with E-state index in [2.05, 4.69) is 27.7 Å². The number of rotatable bonds is 5. The number of likely N-dealkylation sites (tertiary alicyclic amines) is 1. The van der Waals surface area contributed by atoms with Crippen LogP contribution in [0.2, 0.25) is 5.04 Å². The molecule has 0 saturated carbocycles. The van der Waals surface area contributed by atoms with E-state index in [4.69, 9.17) is 9.16 Å². The Labute approximate surface area is 150 Å². The third kappa shape index (κ3) is 5.74. The molecule has 6 heteroatoms. The topological polar surface area (TPSA) is 59.0 Å². The van der Waals surface area contributed by atoms with Gasteiger partial charge in [0.05, 0.1) is 24.3 Å². The van der Waals surface area contributed by atoms with E-state index >= 15 is 0 Å². The van der Waals surface area contributed by atoms with Crippen LogP contribution in [0.4, 0.5) is 4.79 Å². The minimum atomic E-state index is -0.804. The monoisotopic (exact) mass is 359 g/mol. The molecule has 1 aliphatic heterocycles. The van der Waals surface area contributed by atoms with Crippen molar-refractivity contribution in [3.63, 3.8) is 0 Å². The average Bonchev–Trinajstić information content (AvgIpc) is 2.78. The summed E-state index contributed by atoms with van der Waals surface area (Å²) in [5.74, 6) is 0.552. The van der Waals surface area contributed by atoms with E-state index in [0.29, 0.717) is 18.9 Å². The van der Waals surface area contributed by atoms with E-state index < -0.39 is 27.1 Å². The molecule has 1 fully saturated rings. The first-order valence-corrected chi connectivity index (χ1v) is 10.3. The van der Waals surface area contributed by atoms with E-state index in [0.717, 1.165) is 0 Å². The van der Waals surface area contributed by atoms with E-state index in [-0.39, 0.29) is 17.2 Å². The standard InChI is InChI=1S/C18H37NO4Si/c1-12(2)18(8,9)24-23-17(6,7)14-10-13(20)11-19(14)15(21)22-16(3,4)5/h12-14,20H,10-11,24H2,1-9H3/t13-,14-/m1/s1. The number of carbonyl (C=O) groups is 1. The van der Waals surface area contributed by atoms with Gasteiger partial charge in [-0.15, -0.1) is 0 Å². The molecule has 1 saturated heterocycles. The first kappa shape index (κ1) is 21.4. The van der Waals surface area contributed by atoms with Gasteiger partial charge in [-0.05, 0) is 52.0 Å². The van der Waals surface area contributed by atoms with Gasteiger partial charge in [0.1, 0.15) is 5.60 Å². The molecule has 0 radical (unpaired) electrons. The second kappa shape index (κ2) is 7.34. The lowest BCUT2D eigenvalue weighted by Crippen LogP contribution is -2.52. The predicted molar refractivity (Wildman–Crippen MR) is 99.9 cm³/mol. The molecule has 0 aromatic carbocycles. The Kier molecular flexibility index (Phi) is 6.56. The van der Waals surface area contributed by atoms with Gasteiger partial charge < -0.3 is 14.3 Å². The Bertz CT molecular complexity index is 443. The SMILES string of the molecule is CC(C)C(C)(C)[SiH2]OC(C)(C)[C@H]1C[C@@H](O)CN1C(=O)OC(C)(C)C. The summed E-state index contributed by atoms with van der Waals surface area (Å²) < 4.78 is 11.9. The first-order chi connectivity index (χ1) is 10.7. The number of aliphatic hydroxyl groups excluding tert-OH is 1. The normalized spacial score (nSPS) is 23.5. The van der Waals surface area contributed by atoms with Crippen LogP contribution in [-0.2, 0) is 9.16 Å². The van der Waals surface area contributed by atoms with Crippen LogP contribution in [0.15, 0.2) is 0 Å². The highest BCUT2D eigenvalue weighted by atomic mass is 28.2. The number of carbonyl (C=O) groups excluding carboxylic acids is 1. The molecular formula is C18H37NO4Si. The van der Waals surface area contributed by atoms with Gasteiger partial charge >= 0.3 is 6.09 Å². The molecule has 1 N–H and O–H groups in total. The van der Waals surface area contributed by atoms with Gasteiger partial charge in [-0.3, -0.25) is 4.90 Å². The number of hydrogen-bond donors (Lipinski definition) is 1. The molecule has 1 aliphatic rings. The number of hydrogen-bond acceptors (Lipinski definition) is 4. The third-order valence-corrected chi connectivity index (χ3v) is 7.54. The van der Waals surface area contributed by atoms with Crippen molar-refractivity contribution < 1.29 is 19.1 Å². The van der Waals surface area contributed by atoms with Crippen LogP contribution >= 0.6 is 0 Å². The highest BCUT2D eigenvalue weighted by molar-refractivity contribution is 6.32. The minimum absolute atomic E-state index is 0.169. The number of ether oxygens (including phenoxy) is 1. The largest absolute Gasteiger partial charge is 0.444 e. The molecule has 0 spiro atoms. The van der Waals surface area contributed by atoms with Crippen LogP contribution < -0.4 is 0 Å². The smallest absolute Gasteiger partial charge is 0.410 e. The molecule has 24 heavy (non-hydrogen) atoms. The van der Waals surface area contributed by atoms with Crippen LogP contribution in [0, 0.1) is 5.92 Å². The molecular weight excluding hydrogens is 322 g/mol.